The van der Waals surface area contributed by atoms with Gasteiger partial charge < -0.3 is 4.74 Å². The van der Waals surface area contributed by atoms with Crippen molar-refractivity contribution >= 4 is 0 Å². The summed E-state index contributed by atoms with van der Waals surface area (Å²) in [6.07, 6.45) is 6.87. The molecule has 1 aliphatic carbocycles. The van der Waals surface area contributed by atoms with E-state index in [-0.39, 0.29) is 6.10 Å². The van der Waals surface area contributed by atoms with Crippen LogP contribution >= 0.6 is 0 Å². The van der Waals surface area contributed by atoms with Crippen LogP contribution in [0.2, 0.25) is 0 Å². The van der Waals surface area contributed by atoms with Gasteiger partial charge in [0, 0.05) is 12.1 Å². The maximum absolute atomic E-state index is 6.00. The Labute approximate surface area is 96.3 Å². The van der Waals surface area contributed by atoms with Crippen LogP contribution in [0.1, 0.15) is 31.6 Å². The Hall–Kier alpha value is -1.15. The van der Waals surface area contributed by atoms with E-state index in [2.05, 4.69) is 24.1 Å². The van der Waals surface area contributed by atoms with E-state index in [9.17, 15) is 0 Å². The molecule has 2 heterocycles. The molecule has 84 valence electrons. The van der Waals surface area contributed by atoms with Gasteiger partial charge in [-0.05, 0) is 37.8 Å². The molecule has 1 aromatic heterocycles. The van der Waals surface area contributed by atoms with Crippen LogP contribution in [0.4, 0.5) is 0 Å². The van der Waals surface area contributed by atoms with Crippen LogP contribution in [-0.4, -0.2) is 11.6 Å². The zero-order valence-electron chi connectivity index (χ0n) is 9.60. The highest BCUT2D eigenvalue weighted by atomic mass is 16.5. The van der Waals surface area contributed by atoms with Crippen molar-refractivity contribution in [2.24, 2.45) is 11.8 Å². The molecule has 0 unspecified atom stereocenters. The summed E-state index contributed by atoms with van der Waals surface area (Å²) < 4.78 is 6.00. The van der Waals surface area contributed by atoms with Gasteiger partial charge in [0.25, 0.3) is 0 Å². The molecule has 1 saturated heterocycles. The van der Waals surface area contributed by atoms with Crippen molar-refractivity contribution in [2.75, 3.05) is 6.61 Å². The predicted octanol–water partition coefficient (Wildman–Crippen LogP) is 3.13. The summed E-state index contributed by atoms with van der Waals surface area (Å²) in [5.74, 6) is 1.27. The zero-order chi connectivity index (χ0) is 11.0. The van der Waals surface area contributed by atoms with E-state index < -0.39 is 0 Å². The minimum Gasteiger partial charge on any atom is -0.371 e. The lowest BCUT2D eigenvalue weighted by atomic mass is 9.76. The number of rotatable bonds is 1. The van der Waals surface area contributed by atoms with Gasteiger partial charge in [-0.1, -0.05) is 17.7 Å². The van der Waals surface area contributed by atoms with E-state index in [1.165, 1.54) is 18.4 Å². The number of allylic oxidation sites excluding steroid dienone is 1. The summed E-state index contributed by atoms with van der Waals surface area (Å²) in [6.45, 7) is 3.12. The highest BCUT2D eigenvalue weighted by Gasteiger charge is 2.35. The lowest BCUT2D eigenvalue weighted by molar-refractivity contribution is -0.0534. The van der Waals surface area contributed by atoms with Gasteiger partial charge in [0.15, 0.2) is 0 Å². The third kappa shape index (κ3) is 1.67. The van der Waals surface area contributed by atoms with Gasteiger partial charge in [-0.25, -0.2) is 0 Å². The molecule has 2 aliphatic rings. The van der Waals surface area contributed by atoms with E-state index in [1.807, 2.05) is 18.3 Å². The van der Waals surface area contributed by atoms with Crippen LogP contribution in [0, 0.1) is 11.8 Å². The monoisotopic (exact) mass is 215 g/mol. The minimum atomic E-state index is 0.175. The van der Waals surface area contributed by atoms with E-state index in [0.29, 0.717) is 5.92 Å². The van der Waals surface area contributed by atoms with Gasteiger partial charge in [-0.2, -0.15) is 0 Å². The van der Waals surface area contributed by atoms with Crippen molar-refractivity contribution in [3.63, 3.8) is 0 Å². The normalized spacial score (nSPS) is 33.3. The molecule has 2 bridgehead atoms. The molecule has 0 N–H and O–H groups in total. The molecule has 1 aliphatic heterocycles. The average molecular weight is 215 g/mol. The van der Waals surface area contributed by atoms with Gasteiger partial charge in [-0.3, -0.25) is 4.98 Å². The van der Waals surface area contributed by atoms with E-state index in [4.69, 9.17) is 4.74 Å². The van der Waals surface area contributed by atoms with Crippen molar-refractivity contribution in [3.05, 3.63) is 41.7 Å². The number of hydrogen-bond acceptors (Lipinski definition) is 2. The van der Waals surface area contributed by atoms with Gasteiger partial charge in [-0.15, -0.1) is 0 Å². The first kappa shape index (κ1) is 10.0. The second-order valence-electron chi connectivity index (χ2n) is 4.90. The number of pyridine rings is 1. The SMILES string of the molecule is CC1=CC[C@H]2CO[C@H](c3ccccn3)[C@@H]1C2. The predicted molar refractivity (Wildman–Crippen MR) is 62.9 cm³/mol. The Bertz CT molecular complexity index is 398. The molecule has 0 amide bonds. The minimum absolute atomic E-state index is 0.175. The summed E-state index contributed by atoms with van der Waals surface area (Å²) in [7, 11) is 0. The molecule has 3 atom stereocenters. The van der Waals surface area contributed by atoms with Gasteiger partial charge in [0.2, 0.25) is 0 Å². The van der Waals surface area contributed by atoms with E-state index in [0.717, 1.165) is 18.2 Å². The fraction of sp³-hybridized carbons (Fsp3) is 0.500. The number of aromatic nitrogens is 1. The Balaban J connectivity index is 1.91. The molecule has 16 heavy (non-hydrogen) atoms. The number of ether oxygens (including phenoxy) is 1. The molecular formula is C14H17NO. The fourth-order valence-electron chi connectivity index (χ4n) is 2.84. The Morgan fingerprint density at radius 1 is 1.38 bits per heavy atom. The maximum atomic E-state index is 6.00. The lowest BCUT2D eigenvalue weighted by Crippen LogP contribution is -2.32. The second kappa shape index (κ2) is 4.02. The van der Waals surface area contributed by atoms with Crippen LogP contribution in [-0.2, 0) is 4.74 Å². The van der Waals surface area contributed by atoms with Gasteiger partial charge in [0.05, 0.1) is 12.3 Å². The highest BCUT2D eigenvalue weighted by molar-refractivity contribution is 5.18. The first-order valence-electron chi connectivity index (χ1n) is 6.04. The van der Waals surface area contributed by atoms with Crippen molar-refractivity contribution < 1.29 is 4.74 Å². The first-order valence-corrected chi connectivity index (χ1v) is 6.04. The summed E-state index contributed by atoms with van der Waals surface area (Å²) in [4.78, 5) is 4.43. The topological polar surface area (TPSA) is 22.1 Å². The zero-order valence-corrected chi connectivity index (χ0v) is 9.60. The largest absolute Gasteiger partial charge is 0.371 e. The lowest BCUT2D eigenvalue weighted by Gasteiger charge is -2.39. The van der Waals surface area contributed by atoms with Crippen LogP contribution in [0.25, 0.3) is 0 Å². The van der Waals surface area contributed by atoms with Crippen LogP contribution in [0.5, 0.6) is 0 Å². The maximum Gasteiger partial charge on any atom is 0.106 e. The van der Waals surface area contributed by atoms with Crippen LogP contribution in [0.15, 0.2) is 36.0 Å². The van der Waals surface area contributed by atoms with Crippen molar-refractivity contribution in [1.82, 2.24) is 4.98 Å². The molecule has 2 nitrogen and oxygen atoms in total. The van der Waals surface area contributed by atoms with Crippen molar-refractivity contribution in [3.8, 4) is 0 Å². The molecule has 1 aromatic rings. The molecule has 0 radical (unpaired) electrons. The average Bonchev–Trinajstić information content (AvgIpc) is 2.36. The number of nitrogens with zero attached hydrogens (tertiary/aromatic N) is 1. The third-order valence-corrected chi connectivity index (χ3v) is 3.80. The van der Waals surface area contributed by atoms with Crippen LogP contribution < -0.4 is 0 Å². The third-order valence-electron chi connectivity index (χ3n) is 3.80. The van der Waals surface area contributed by atoms with E-state index >= 15 is 0 Å². The van der Waals surface area contributed by atoms with E-state index in [1.54, 1.807) is 0 Å². The number of fused-ring (bicyclic) bond motifs is 2. The summed E-state index contributed by atoms with van der Waals surface area (Å²) in [6, 6.07) is 6.07. The molecule has 0 aromatic carbocycles. The molecule has 0 saturated carbocycles. The van der Waals surface area contributed by atoms with Crippen molar-refractivity contribution in [2.45, 2.75) is 25.9 Å². The van der Waals surface area contributed by atoms with Crippen LogP contribution in [0.3, 0.4) is 0 Å². The second-order valence-corrected chi connectivity index (χ2v) is 4.90. The standard InChI is InChI=1S/C14H17NO/c1-10-5-6-11-8-12(10)14(16-9-11)13-4-2-3-7-15-13/h2-5,7,11-12,14H,6,8-9H2,1H3/t11-,12-,14+/m1/s1. The van der Waals surface area contributed by atoms with Gasteiger partial charge in [0.1, 0.15) is 6.10 Å². The summed E-state index contributed by atoms with van der Waals surface area (Å²) in [5.41, 5.74) is 2.56. The molecule has 3 rings (SSSR count). The Kier molecular flexibility index (Phi) is 2.52. The highest BCUT2D eigenvalue weighted by Crippen LogP contribution is 2.43. The number of hydrogen-bond donors (Lipinski definition) is 0. The molecule has 1 fully saturated rings. The summed E-state index contributed by atoms with van der Waals surface area (Å²) >= 11 is 0. The quantitative estimate of drug-likeness (QED) is 0.671. The van der Waals surface area contributed by atoms with Crippen molar-refractivity contribution in [1.29, 1.82) is 0 Å². The molecular weight excluding hydrogens is 198 g/mol. The van der Waals surface area contributed by atoms with Gasteiger partial charge >= 0.3 is 0 Å². The molecule has 0 spiro atoms. The Morgan fingerprint density at radius 2 is 2.31 bits per heavy atom. The first-order chi connectivity index (χ1) is 7.84. The molecule has 2 heteroatoms. The smallest absolute Gasteiger partial charge is 0.106 e. The Morgan fingerprint density at radius 3 is 3.12 bits per heavy atom. The fourth-order valence-corrected chi connectivity index (χ4v) is 2.84. The summed E-state index contributed by atoms with van der Waals surface area (Å²) in [5, 5.41) is 0.